The highest BCUT2D eigenvalue weighted by Gasteiger charge is 2.07. The standard InChI is InChI=1S/C8H7IN2O3/c9-5-1-2-6(10-3-5)8(14)11-4-7(12)13/h1-3H,4H2,(H,11,14)(H,12,13). The van der Waals surface area contributed by atoms with E-state index < -0.39 is 18.4 Å². The fourth-order valence-electron chi connectivity index (χ4n) is 0.757. The van der Waals surface area contributed by atoms with Gasteiger partial charge in [0.25, 0.3) is 5.91 Å². The Bertz CT molecular complexity index is 350. The Kier molecular flexibility index (Phi) is 3.81. The Morgan fingerprint density at radius 1 is 1.50 bits per heavy atom. The zero-order chi connectivity index (χ0) is 10.6. The largest absolute Gasteiger partial charge is 0.480 e. The van der Waals surface area contributed by atoms with Crippen molar-refractivity contribution < 1.29 is 14.7 Å². The summed E-state index contributed by atoms with van der Waals surface area (Å²) in [5.74, 6) is -1.56. The van der Waals surface area contributed by atoms with E-state index in [4.69, 9.17) is 5.11 Å². The average Bonchev–Trinajstić information content (AvgIpc) is 2.15. The number of nitrogens with zero attached hydrogens (tertiary/aromatic N) is 1. The van der Waals surface area contributed by atoms with Gasteiger partial charge >= 0.3 is 5.97 Å². The third-order valence-electron chi connectivity index (χ3n) is 1.36. The van der Waals surface area contributed by atoms with Crippen LogP contribution in [0.15, 0.2) is 18.3 Å². The molecule has 1 aromatic rings. The molecule has 0 aromatic carbocycles. The molecule has 1 heterocycles. The van der Waals surface area contributed by atoms with Gasteiger partial charge < -0.3 is 10.4 Å². The molecule has 1 amide bonds. The van der Waals surface area contributed by atoms with Crippen LogP contribution in [0.1, 0.15) is 10.5 Å². The molecule has 2 N–H and O–H groups in total. The highest BCUT2D eigenvalue weighted by atomic mass is 127. The number of aromatic nitrogens is 1. The first-order valence-electron chi connectivity index (χ1n) is 3.71. The van der Waals surface area contributed by atoms with Crippen molar-refractivity contribution in [3.63, 3.8) is 0 Å². The summed E-state index contributed by atoms with van der Waals surface area (Å²) in [4.78, 5) is 25.2. The summed E-state index contributed by atoms with van der Waals surface area (Å²) in [6.07, 6.45) is 1.54. The van der Waals surface area contributed by atoms with Crippen molar-refractivity contribution >= 4 is 34.5 Å². The van der Waals surface area contributed by atoms with Crippen molar-refractivity contribution in [3.05, 3.63) is 27.6 Å². The zero-order valence-electron chi connectivity index (χ0n) is 7.03. The number of hydrogen-bond donors (Lipinski definition) is 2. The van der Waals surface area contributed by atoms with Crippen LogP contribution in [-0.4, -0.2) is 28.5 Å². The molecule has 0 fully saturated rings. The zero-order valence-corrected chi connectivity index (χ0v) is 9.19. The quantitative estimate of drug-likeness (QED) is 0.797. The number of carboxylic acids is 1. The maximum atomic E-state index is 11.2. The SMILES string of the molecule is O=C(O)CNC(=O)c1ccc(I)cn1. The number of carboxylic acid groups (broad SMARTS) is 1. The molecule has 0 radical (unpaired) electrons. The summed E-state index contributed by atoms with van der Waals surface area (Å²) in [5.41, 5.74) is 0.215. The summed E-state index contributed by atoms with van der Waals surface area (Å²) >= 11 is 2.06. The lowest BCUT2D eigenvalue weighted by Crippen LogP contribution is -2.29. The molecule has 0 aliphatic heterocycles. The summed E-state index contributed by atoms with van der Waals surface area (Å²) < 4.78 is 0.914. The Morgan fingerprint density at radius 3 is 2.71 bits per heavy atom. The van der Waals surface area contributed by atoms with E-state index in [-0.39, 0.29) is 5.69 Å². The first-order chi connectivity index (χ1) is 6.59. The predicted molar refractivity (Wildman–Crippen MR) is 56.9 cm³/mol. The van der Waals surface area contributed by atoms with Gasteiger partial charge in [-0.15, -0.1) is 0 Å². The molecule has 0 atom stereocenters. The predicted octanol–water partition coefficient (Wildman–Crippen LogP) is 0.501. The number of hydrogen-bond acceptors (Lipinski definition) is 3. The lowest BCUT2D eigenvalue weighted by Gasteiger charge is -2.00. The fraction of sp³-hybridized carbons (Fsp3) is 0.125. The summed E-state index contributed by atoms with van der Waals surface area (Å²) in [6, 6.07) is 3.27. The van der Waals surface area contributed by atoms with E-state index in [1.807, 2.05) is 0 Å². The van der Waals surface area contributed by atoms with Crippen molar-refractivity contribution in [2.45, 2.75) is 0 Å². The molecule has 0 aliphatic rings. The number of amides is 1. The van der Waals surface area contributed by atoms with Crippen molar-refractivity contribution in [2.75, 3.05) is 6.54 Å². The van der Waals surface area contributed by atoms with Crippen molar-refractivity contribution in [1.29, 1.82) is 0 Å². The van der Waals surface area contributed by atoms with Gasteiger partial charge in [-0.25, -0.2) is 4.98 Å². The van der Waals surface area contributed by atoms with E-state index in [2.05, 4.69) is 32.9 Å². The number of aliphatic carboxylic acids is 1. The van der Waals surface area contributed by atoms with Crippen molar-refractivity contribution in [2.24, 2.45) is 0 Å². The second kappa shape index (κ2) is 4.89. The molecule has 0 aliphatic carbocycles. The maximum absolute atomic E-state index is 11.2. The third kappa shape index (κ3) is 3.29. The van der Waals surface area contributed by atoms with E-state index in [1.165, 1.54) is 6.20 Å². The first kappa shape index (κ1) is 10.9. The molecule has 1 aromatic heterocycles. The van der Waals surface area contributed by atoms with Gasteiger partial charge in [0.05, 0.1) is 0 Å². The summed E-state index contributed by atoms with van der Waals surface area (Å²) in [5, 5.41) is 10.5. The van der Waals surface area contributed by atoms with Gasteiger partial charge in [0.1, 0.15) is 12.2 Å². The van der Waals surface area contributed by atoms with Crippen LogP contribution in [0.25, 0.3) is 0 Å². The molecule has 74 valence electrons. The van der Waals surface area contributed by atoms with E-state index in [0.717, 1.165) is 3.57 Å². The van der Waals surface area contributed by atoms with Gasteiger partial charge in [-0.05, 0) is 34.7 Å². The van der Waals surface area contributed by atoms with Gasteiger partial charge in [-0.2, -0.15) is 0 Å². The maximum Gasteiger partial charge on any atom is 0.322 e. The highest BCUT2D eigenvalue weighted by Crippen LogP contribution is 2.02. The third-order valence-corrected chi connectivity index (χ3v) is 2.00. The Hall–Kier alpha value is -1.18. The van der Waals surface area contributed by atoms with Crippen LogP contribution in [0, 0.1) is 3.57 Å². The molecule has 0 spiro atoms. The molecule has 0 saturated carbocycles. The van der Waals surface area contributed by atoms with Crippen LogP contribution in [0.3, 0.4) is 0 Å². The van der Waals surface area contributed by atoms with Crippen molar-refractivity contribution in [1.82, 2.24) is 10.3 Å². The second-order valence-corrected chi connectivity index (χ2v) is 3.68. The Balaban J connectivity index is 2.61. The van der Waals surface area contributed by atoms with Crippen LogP contribution in [0.2, 0.25) is 0 Å². The minimum absolute atomic E-state index is 0.215. The second-order valence-electron chi connectivity index (χ2n) is 2.44. The van der Waals surface area contributed by atoms with Crippen LogP contribution in [-0.2, 0) is 4.79 Å². The molecular weight excluding hydrogens is 299 g/mol. The van der Waals surface area contributed by atoms with Gasteiger partial charge in [-0.3, -0.25) is 9.59 Å². The molecule has 0 unspecified atom stereocenters. The molecule has 6 heteroatoms. The fourth-order valence-corrected chi connectivity index (χ4v) is 1.08. The molecule has 1 rings (SSSR count). The van der Waals surface area contributed by atoms with E-state index in [0.29, 0.717) is 0 Å². The molecule has 14 heavy (non-hydrogen) atoms. The van der Waals surface area contributed by atoms with Gasteiger partial charge in [-0.1, -0.05) is 0 Å². The van der Waals surface area contributed by atoms with Crippen LogP contribution < -0.4 is 5.32 Å². The lowest BCUT2D eigenvalue weighted by molar-refractivity contribution is -0.135. The number of halogens is 1. The van der Waals surface area contributed by atoms with Crippen molar-refractivity contribution in [3.8, 4) is 0 Å². The van der Waals surface area contributed by atoms with Gasteiger partial charge in [0.15, 0.2) is 0 Å². The smallest absolute Gasteiger partial charge is 0.322 e. The minimum Gasteiger partial charge on any atom is -0.480 e. The van der Waals surface area contributed by atoms with E-state index in [1.54, 1.807) is 12.1 Å². The summed E-state index contributed by atoms with van der Waals surface area (Å²) in [7, 11) is 0. The average molecular weight is 306 g/mol. The number of pyridine rings is 1. The Morgan fingerprint density at radius 2 is 2.21 bits per heavy atom. The normalized spacial score (nSPS) is 9.50. The molecule has 0 bridgehead atoms. The van der Waals surface area contributed by atoms with Crippen LogP contribution in [0.5, 0.6) is 0 Å². The minimum atomic E-state index is -1.08. The van der Waals surface area contributed by atoms with Gasteiger partial charge in [0.2, 0.25) is 0 Å². The van der Waals surface area contributed by atoms with E-state index >= 15 is 0 Å². The molecular formula is C8H7IN2O3. The molecule has 5 nitrogen and oxygen atoms in total. The molecule has 0 saturated heterocycles. The van der Waals surface area contributed by atoms with E-state index in [9.17, 15) is 9.59 Å². The van der Waals surface area contributed by atoms with Crippen LogP contribution >= 0.6 is 22.6 Å². The monoisotopic (exact) mass is 306 g/mol. The topological polar surface area (TPSA) is 79.3 Å². The number of carbonyl (C=O) groups excluding carboxylic acids is 1. The van der Waals surface area contributed by atoms with Gasteiger partial charge in [0, 0.05) is 9.77 Å². The summed E-state index contributed by atoms with van der Waals surface area (Å²) in [6.45, 7) is -0.396. The number of rotatable bonds is 3. The number of nitrogens with one attached hydrogen (secondary N) is 1. The van der Waals surface area contributed by atoms with Crippen LogP contribution in [0.4, 0.5) is 0 Å². The highest BCUT2D eigenvalue weighted by molar-refractivity contribution is 14.1. The lowest BCUT2D eigenvalue weighted by atomic mass is 10.3. The Labute approximate surface area is 93.7 Å². The first-order valence-corrected chi connectivity index (χ1v) is 4.79. The number of carbonyl (C=O) groups is 2.